The van der Waals surface area contributed by atoms with Crippen molar-refractivity contribution in [3.63, 3.8) is 0 Å². The highest BCUT2D eigenvalue weighted by Crippen LogP contribution is 2.45. The average Bonchev–Trinajstić information content (AvgIpc) is 3.43. The molecule has 5 rings (SSSR count). The summed E-state index contributed by atoms with van der Waals surface area (Å²) >= 11 is 0.893. The molecule has 0 radical (unpaired) electrons. The first-order valence-electron chi connectivity index (χ1n) is 11.1. The summed E-state index contributed by atoms with van der Waals surface area (Å²) in [6, 6.07) is 9.95. The van der Waals surface area contributed by atoms with E-state index in [1.165, 1.54) is 19.2 Å². The third-order valence-electron chi connectivity index (χ3n) is 5.95. The second kappa shape index (κ2) is 9.56. The minimum atomic E-state index is -1.11. The van der Waals surface area contributed by atoms with Gasteiger partial charge in [0.05, 0.1) is 30.1 Å². The van der Waals surface area contributed by atoms with Crippen molar-refractivity contribution >= 4 is 45.6 Å². The lowest BCUT2D eigenvalue weighted by atomic mass is 9.95. The molecule has 1 fully saturated rings. The Balaban J connectivity index is 1.70. The molecule has 0 bridgehead atoms. The Labute approximate surface area is 214 Å². The number of aromatic nitrogens is 1. The highest BCUT2D eigenvalue weighted by molar-refractivity contribution is 7.17. The number of nitrogens with one attached hydrogen (secondary N) is 1. The van der Waals surface area contributed by atoms with E-state index in [4.69, 9.17) is 14.2 Å². The Morgan fingerprint density at radius 2 is 1.92 bits per heavy atom. The second-order valence-corrected chi connectivity index (χ2v) is 9.14. The third kappa shape index (κ3) is 4.15. The van der Waals surface area contributed by atoms with Gasteiger partial charge in [-0.15, -0.1) is 0 Å². The molecule has 37 heavy (non-hydrogen) atoms. The number of Topliss-reactive ketones (excluding diaryl/α,β-unsaturated/α-hetero) is 1. The summed E-state index contributed by atoms with van der Waals surface area (Å²) < 4.78 is 15.9. The zero-order chi connectivity index (χ0) is 26.3. The first kappa shape index (κ1) is 24.3. The first-order chi connectivity index (χ1) is 17.8. The molecule has 1 atom stereocenters. The van der Waals surface area contributed by atoms with E-state index >= 15 is 0 Å². The van der Waals surface area contributed by atoms with Crippen LogP contribution in [0.25, 0.3) is 5.76 Å². The van der Waals surface area contributed by atoms with E-state index in [1.807, 2.05) is 5.48 Å². The van der Waals surface area contributed by atoms with Gasteiger partial charge in [0.1, 0.15) is 23.9 Å². The highest BCUT2D eigenvalue weighted by Gasteiger charge is 2.48. The molecule has 0 saturated carbocycles. The fourth-order valence-corrected chi connectivity index (χ4v) is 5.25. The predicted octanol–water partition coefficient (Wildman–Crippen LogP) is 3.44. The number of methoxy groups -OCH3 is 1. The van der Waals surface area contributed by atoms with E-state index in [0.717, 1.165) is 16.2 Å². The number of anilines is 2. The molecule has 1 amide bonds. The third-order valence-corrected chi connectivity index (χ3v) is 7.09. The van der Waals surface area contributed by atoms with E-state index < -0.39 is 29.5 Å². The monoisotopic (exact) mass is 523 g/mol. The lowest BCUT2D eigenvalue weighted by Crippen LogP contribution is -2.29. The van der Waals surface area contributed by atoms with E-state index in [1.54, 1.807) is 37.3 Å². The minimum Gasteiger partial charge on any atom is -0.507 e. The van der Waals surface area contributed by atoms with Gasteiger partial charge in [0, 0.05) is 5.56 Å². The number of carbonyl (C=O) groups is 3. The normalized spacial score (nSPS) is 18.1. The number of fused-ring (bicyclic) bond motifs is 1. The van der Waals surface area contributed by atoms with Crippen LogP contribution in [0.1, 0.15) is 32.5 Å². The molecule has 2 aromatic carbocycles. The molecule has 3 aromatic rings. The van der Waals surface area contributed by atoms with Gasteiger partial charge >= 0.3 is 11.9 Å². The topological polar surface area (TPSA) is 148 Å². The van der Waals surface area contributed by atoms with Gasteiger partial charge < -0.3 is 19.3 Å². The number of rotatable bonds is 5. The van der Waals surface area contributed by atoms with Crippen LogP contribution in [0.2, 0.25) is 0 Å². The van der Waals surface area contributed by atoms with Crippen molar-refractivity contribution in [3.05, 3.63) is 69.7 Å². The molecule has 0 aliphatic carbocycles. The van der Waals surface area contributed by atoms with Gasteiger partial charge in [-0.1, -0.05) is 23.5 Å². The van der Waals surface area contributed by atoms with Crippen molar-refractivity contribution in [2.75, 3.05) is 30.7 Å². The summed E-state index contributed by atoms with van der Waals surface area (Å²) in [5.74, 6) is -2.03. The van der Waals surface area contributed by atoms with E-state index in [-0.39, 0.29) is 21.1 Å². The quantitative estimate of drug-likeness (QED) is 0.149. The summed E-state index contributed by atoms with van der Waals surface area (Å²) in [5.41, 5.74) is 3.13. The zero-order valence-corrected chi connectivity index (χ0v) is 20.5. The molecule has 3 N–H and O–H groups in total. The number of aryl methyl sites for hydroxylation is 1. The van der Waals surface area contributed by atoms with Crippen molar-refractivity contribution in [1.82, 2.24) is 4.98 Å². The van der Waals surface area contributed by atoms with Crippen LogP contribution in [0.5, 0.6) is 11.5 Å². The van der Waals surface area contributed by atoms with Crippen LogP contribution in [-0.2, 0) is 14.3 Å². The number of nitrogens with zero attached hydrogens (tertiary/aromatic N) is 2. The SMILES string of the molecule is COC(=O)c1sc(N2C(=O)C(=O)/C(=C(/O)c3ccc4c(c3)OCCO4)C2c2cccc(NO)c2)nc1C. The largest absolute Gasteiger partial charge is 0.507 e. The van der Waals surface area contributed by atoms with E-state index in [9.17, 15) is 24.7 Å². The maximum absolute atomic E-state index is 13.4. The molecule has 2 aliphatic rings. The summed E-state index contributed by atoms with van der Waals surface area (Å²) in [6.07, 6.45) is 0. The zero-order valence-electron chi connectivity index (χ0n) is 19.7. The Hall–Kier alpha value is -4.42. The second-order valence-electron chi connectivity index (χ2n) is 8.17. The Kier molecular flexibility index (Phi) is 6.27. The summed E-state index contributed by atoms with van der Waals surface area (Å²) in [4.78, 5) is 44.6. The van der Waals surface area contributed by atoms with Crippen molar-refractivity contribution in [3.8, 4) is 11.5 Å². The van der Waals surface area contributed by atoms with Crippen LogP contribution in [0.3, 0.4) is 0 Å². The van der Waals surface area contributed by atoms with E-state index in [0.29, 0.717) is 41.7 Å². The number of aliphatic hydroxyl groups is 1. The van der Waals surface area contributed by atoms with Gasteiger partial charge in [-0.05, 0) is 42.8 Å². The summed E-state index contributed by atoms with van der Waals surface area (Å²) in [7, 11) is 1.23. The molecule has 2 aliphatic heterocycles. The molecule has 1 saturated heterocycles. The lowest BCUT2D eigenvalue weighted by molar-refractivity contribution is -0.132. The number of ether oxygens (including phenoxy) is 3. The van der Waals surface area contributed by atoms with Gasteiger partial charge in [-0.3, -0.25) is 25.2 Å². The van der Waals surface area contributed by atoms with Crippen molar-refractivity contribution < 1.29 is 38.9 Å². The van der Waals surface area contributed by atoms with Gasteiger partial charge in [-0.25, -0.2) is 9.78 Å². The average molecular weight is 524 g/mol. The van der Waals surface area contributed by atoms with Crippen LogP contribution < -0.4 is 19.9 Å². The first-order valence-corrected chi connectivity index (χ1v) is 11.9. The summed E-state index contributed by atoms with van der Waals surface area (Å²) in [6.45, 7) is 2.30. The smallest absolute Gasteiger partial charge is 0.350 e. The van der Waals surface area contributed by atoms with Crippen LogP contribution in [0, 0.1) is 6.92 Å². The number of amides is 1. The van der Waals surface area contributed by atoms with Crippen LogP contribution in [0.15, 0.2) is 48.0 Å². The number of carbonyl (C=O) groups excluding carboxylic acids is 3. The maximum atomic E-state index is 13.4. The fraction of sp³-hybridized carbons (Fsp3) is 0.200. The Bertz CT molecular complexity index is 1460. The standard InChI is InChI=1S/C25H21N3O8S/c1-12-22(24(32)34-2)37-25(26-12)28-19(13-4-3-5-15(10-13)27-33)18(21(30)23(28)31)20(29)14-6-7-16-17(11-14)36-9-8-35-16/h3-7,10-11,19,27,29,33H,8-9H2,1-2H3/b20-18+. The molecular formula is C25H21N3O8S. The Morgan fingerprint density at radius 1 is 1.16 bits per heavy atom. The number of hydrogen-bond acceptors (Lipinski definition) is 11. The van der Waals surface area contributed by atoms with E-state index in [2.05, 4.69) is 4.98 Å². The van der Waals surface area contributed by atoms with Gasteiger partial charge in [0.25, 0.3) is 5.78 Å². The maximum Gasteiger partial charge on any atom is 0.350 e. The lowest BCUT2D eigenvalue weighted by Gasteiger charge is -2.23. The number of aliphatic hydroxyl groups excluding tert-OH is 1. The molecule has 0 spiro atoms. The molecule has 11 nitrogen and oxygen atoms in total. The van der Waals surface area contributed by atoms with Gasteiger partial charge in [0.15, 0.2) is 16.6 Å². The van der Waals surface area contributed by atoms with Gasteiger partial charge in [0.2, 0.25) is 0 Å². The molecule has 190 valence electrons. The van der Waals surface area contributed by atoms with Crippen LogP contribution in [-0.4, -0.2) is 53.3 Å². The molecule has 1 aromatic heterocycles. The van der Waals surface area contributed by atoms with Crippen LogP contribution >= 0.6 is 11.3 Å². The molecule has 1 unspecified atom stereocenters. The number of hydrogen-bond donors (Lipinski definition) is 3. The number of esters is 1. The number of ketones is 1. The van der Waals surface area contributed by atoms with Crippen molar-refractivity contribution in [1.29, 1.82) is 0 Å². The minimum absolute atomic E-state index is 0.0774. The molecular weight excluding hydrogens is 502 g/mol. The number of thiazole rings is 1. The predicted molar refractivity (Wildman–Crippen MR) is 132 cm³/mol. The molecule has 12 heteroatoms. The van der Waals surface area contributed by atoms with Gasteiger partial charge in [-0.2, -0.15) is 0 Å². The number of benzene rings is 2. The fourth-order valence-electron chi connectivity index (χ4n) is 4.24. The van der Waals surface area contributed by atoms with Crippen molar-refractivity contribution in [2.24, 2.45) is 0 Å². The summed E-state index contributed by atoms with van der Waals surface area (Å²) in [5, 5.41) is 20.9. The van der Waals surface area contributed by atoms with Crippen LogP contribution in [0.4, 0.5) is 10.8 Å². The molecule has 3 heterocycles. The van der Waals surface area contributed by atoms with Crippen molar-refractivity contribution in [2.45, 2.75) is 13.0 Å². The highest BCUT2D eigenvalue weighted by atomic mass is 32.1. The Morgan fingerprint density at radius 3 is 2.65 bits per heavy atom.